The van der Waals surface area contributed by atoms with Gasteiger partial charge in [0.25, 0.3) is 0 Å². The summed E-state index contributed by atoms with van der Waals surface area (Å²) in [6.45, 7) is 6.96. The molecular weight excluding hydrogens is 184 g/mol. The lowest BCUT2D eigenvalue weighted by atomic mass is 9.72. The second-order valence-electron chi connectivity index (χ2n) is 4.43. The summed E-state index contributed by atoms with van der Waals surface area (Å²) < 4.78 is 0. The topological polar surface area (TPSA) is 49.8 Å². The van der Waals surface area contributed by atoms with E-state index in [1.807, 2.05) is 24.3 Å². The average Bonchev–Trinajstić information content (AvgIpc) is 2.27. The Bertz CT molecular complexity index is 376. The van der Waals surface area contributed by atoms with Crippen LogP contribution in [0.25, 0.3) is 0 Å². The molecule has 0 aliphatic heterocycles. The first-order valence-electron chi connectivity index (χ1n) is 5.26. The SMILES string of the molecule is CC(C)C(C)(CN)c1ccccc1C#N. The van der Waals surface area contributed by atoms with Gasteiger partial charge >= 0.3 is 0 Å². The lowest BCUT2D eigenvalue weighted by Crippen LogP contribution is -2.37. The van der Waals surface area contributed by atoms with Crippen molar-refractivity contribution in [2.24, 2.45) is 11.7 Å². The Morgan fingerprint density at radius 2 is 2.00 bits per heavy atom. The van der Waals surface area contributed by atoms with Crippen molar-refractivity contribution in [3.05, 3.63) is 35.4 Å². The first-order chi connectivity index (χ1) is 7.06. The van der Waals surface area contributed by atoms with Gasteiger partial charge < -0.3 is 5.73 Å². The van der Waals surface area contributed by atoms with E-state index in [0.717, 1.165) is 11.1 Å². The molecule has 0 aromatic heterocycles. The third-order valence-electron chi connectivity index (χ3n) is 3.36. The van der Waals surface area contributed by atoms with Crippen LogP contribution in [0.2, 0.25) is 0 Å². The van der Waals surface area contributed by atoms with Crippen LogP contribution in [-0.4, -0.2) is 6.54 Å². The van der Waals surface area contributed by atoms with Crippen LogP contribution in [-0.2, 0) is 5.41 Å². The molecule has 0 bridgehead atoms. The third-order valence-corrected chi connectivity index (χ3v) is 3.36. The fourth-order valence-electron chi connectivity index (χ4n) is 1.74. The van der Waals surface area contributed by atoms with Crippen LogP contribution < -0.4 is 5.73 Å². The summed E-state index contributed by atoms with van der Waals surface area (Å²) >= 11 is 0. The van der Waals surface area contributed by atoms with E-state index in [2.05, 4.69) is 26.8 Å². The smallest absolute Gasteiger partial charge is 0.0994 e. The monoisotopic (exact) mass is 202 g/mol. The van der Waals surface area contributed by atoms with Crippen LogP contribution >= 0.6 is 0 Å². The lowest BCUT2D eigenvalue weighted by Gasteiger charge is -2.33. The van der Waals surface area contributed by atoms with Gasteiger partial charge in [-0.15, -0.1) is 0 Å². The van der Waals surface area contributed by atoms with Crippen molar-refractivity contribution in [2.45, 2.75) is 26.2 Å². The minimum absolute atomic E-state index is 0.119. The zero-order valence-electron chi connectivity index (χ0n) is 9.62. The van der Waals surface area contributed by atoms with E-state index in [9.17, 15) is 0 Å². The number of nitriles is 1. The van der Waals surface area contributed by atoms with Crippen LogP contribution in [0.3, 0.4) is 0 Å². The minimum atomic E-state index is -0.119. The Hall–Kier alpha value is -1.33. The molecule has 1 unspecified atom stereocenters. The van der Waals surface area contributed by atoms with E-state index in [4.69, 9.17) is 11.0 Å². The molecule has 0 heterocycles. The molecule has 80 valence electrons. The Kier molecular flexibility index (Phi) is 3.49. The first kappa shape index (κ1) is 11.7. The highest BCUT2D eigenvalue weighted by Crippen LogP contribution is 2.32. The number of benzene rings is 1. The maximum atomic E-state index is 9.07. The molecule has 0 radical (unpaired) electrons. The summed E-state index contributed by atoms with van der Waals surface area (Å²) in [5, 5.41) is 9.07. The van der Waals surface area contributed by atoms with Crippen LogP contribution in [0.5, 0.6) is 0 Å². The molecule has 1 rings (SSSR count). The van der Waals surface area contributed by atoms with Crippen molar-refractivity contribution in [2.75, 3.05) is 6.54 Å². The number of hydrogen-bond donors (Lipinski definition) is 1. The van der Waals surface area contributed by atoms with E-state index in [0.29, 0.717) is 12.5 Å². The Labute approximate surface area is 91.7 Å². The fraction of sp³-hybridized carbons (Fsp3) is 0.462. The summed E-state index contributed by atoms with van der Waals surface area (Å²) in [6.07, 6.45) is 0. The molecule has 1 atom stereocenters. The van der Waals surface area contributed by atoms with E-state index in [1.165, 1.54) is 0 Å². The number of nitrogens with zero attached hydrogens (tertiary/aromatic N) is 1. The zero-order valence-corrected chi connectivity index (χ0v) is 9.62. The molecule has 0 fully saturated rings. The molecule has 2 N–H and O–H groups in total. The molecule has 2 heteroatoms. The van der Waals surface area contributed by atoms with Crippen molar-refractivity contribution in [3.8, 4) is 6.07 Å². The highest BCUT2D eigenvalue weighted by Gasteiger charge is 2.30. The number of hydrogen-bond acceptors (Lipinski definition) is 2. The fourth-order valence-corrected chi connectivity index (χ4v) is 1.74. The van der Waals surface area contributed by atoms with Gasteiger partial charge in [-0.3, -0.25) is 0 Å². The number of rotatable bonds is 3. The standard InChI is InChI=1S/C13H18N2/c1-10(2)13(3,9-15)12-7-5-4-6-11(12)8-14/h4-7,10H,9,15H2,1-3H3. The minimum Gasteiger partial charge on any atom is -0.330 e. The molecule has 0 amide bonds. The van der Waals surface area contributed by atoms with Crippen molar-refractivity contribution < 1.29 is 0 Å². The Balaban J connectivity index is 3.31. The molecule has 0 aliphatic carbocycles. The molecule has 1 aromatic carbocycles. The van der Waals surface area contributed by atoms with Crippen LogP contribution in [0.15, 0.2) is 24.3 Å². The molecule has 0 spiro atoms. The predicted molar refractivity (Wildman–Crippen MR) is 62.4 cm³/mol. The highest BCUT2D eigenvalue weighted by molar-refractivity contribution is 5.42. The van der Waals surface area contributed by atoms with E-state index >= 15 is 0 Å². The van der Waals surface area contributed by atoms with E-state index < -0.39 is 0 Å². The number of nitrogens with two attached hydrogens (primary N) is 1. The third kappa shape index (κ3) is 2.03. The van der Waals surface area contributed by atoms with E-state index in [-0.39, 0.29) is 5.41 Å². The molecule has 0 saturated heterocycles. The van der Waals surface area contributed by atoms with Crippen molar-refractivity contribution >= 4 is 0 Å². The molecule has 2 nitrogen and oxygen atoms in total. The van der Waals surface area contributed by atoms with Gasteiger partial charge in [-0.05, 0) is 17.5 Å². The maximum absolute atomic E-state index is 9.07. The van der Waals surface area contributed by atoms with Crippen LogP contribution in [0.1, 0.15) is 31.9 Å². The van der Waals surface area contributed by atoms with Gasteiger partial charge in [0.05, 0.1) is 11.6 Å². The van der Waals surface area contributed by atoms with Crippen molar-refractivity contribution in [1.82, 2.24) is 0 Å². The molecule has 1 aromatic rings. The zero-order chi connectivity index (χ0) is 11.5. The van der Waals surface area contributed by atoms with Gasteiger partial charge in [-0.2, -0.15) is 5.26 Å². The Morgan fingerprint density at radius 1 is 1.40 bits per heavy atom. The first-order valence-corrected chi connectivity index (χ1v) is 5.26. The molecule has 0 aliphatic rings. The van der Waals surface area contributed by atoms with Crippen LogP contribution in [0, 0.1) is 17.2 Å². The van der Waals surface area contributed by atoms with Gasteiger partial charge in [0.2, 0.25) is 0 Å². The average molecular weight is 202 g/mol. The van der Waals surface area contributed by atoms with Gasteiger partial charge in [0, 0.05) is 12.0 Å². The lowest BCUT2D eigenvalue weighted by molar-refractivity contribution is 0.347. The summed E-state index contributed by atoms with van der Waals surface area (Å²) in [5.41, 5.74) is 7.53. The molecule has 15 heavy (non-hydrogen) atoms. The van der Waals surface area contributed by atoms with Gasteiger partial charge in [-0.1, -0.05) is 39.0 Å². The quantitative estimate of drug-likeness (QED) is 0.818. The second-order valence-corrected chi connectivity index (χ2v) is 4.43. The van der Waals surface area contributed by atoms with Gasteiger partial charge in [0.15, 0.2) is 0 Å². The largest absolute Gasteiger partial charge is 0.330 e. The summed E-state index contributed by atoms with van der Waals surface area (Å²) in [6, 6.07) is 9.95. The summed E-state index contributed by atoms with van der Waals surface area (Å²) in [7, 11) is 0. The normalized spacial score (nSPS) is 14.7. The van der Waals surface area contributed by atoms with Crippen molar-refractivity contribution in [3.63, 3.8) is 0 Å². The van der Waals surface area contributed by atoms with Gasteiger partial charge in [0.1, 0.15) is 0 Å². The van der Waals surface area contributed by atoms with E-state index in [1.54, 1.807) is 0 Å². The van der Waals surface area contributed by atoms with Gasteiger partial charge in [-0.25, -0.2) is 0 Å². The predicted octanol–water partition coefficient (Wildman–Crippen LogP) is 2.43. The highest BCUT2D eigenvalue weighted by atomic mass is 14.6. The maximum Gasteiger partial charge on any atom is 0.0994 e. The summed E-state index contributed by atoms with van der Waals surface area (Å²) in [5.74, 6) is 0.414. The molecular formula is C13H18N2. The Morgan fingerprint density at radius 3 is 2.47 bits per heavy atom. The van der Waals surface area contributed by atoms with Crippen molar-refractivity contribution in [1.29, 1.82) is 5.26 Å². The summed E-state index contributed by atoms with van der Waals surface area (Å²) in [4.78, 5) is 0. The second kappa shape index (κ2) is 4.46. The van der Waals surface area contributed by atoms with Crippen LogP contribution in [0.4, 0.5) is 0 Å². The molecule has 0 saturated carbocycles.